The molecular weight excluding hydrogens is 306 g/mol. The van der Waals surface area contributed by atoms with Gasteiger partial charge in [0.15, 0.2) is 0 Å². The van der Waals surface area contributed by atoms with E-state index in [0.29, 0.717) is 6.42 Å². The first kappa shape index (κ1) is 18.3. The zero-order chi connectivity index (χ0) is 17.7. The Morgan fingerprint density at radius 1 is 1.33 bits per heavy atom. The molecule has 3 rings (SSSR count). The van der Waals surface area contributed by atoms with Gasteiger partial charge in [-0.25, -0.2) is 0 Å². The molecule has 24 heavy (non-hydrogen) atoms. The minimum absolute atomic E-state index is 0.333. The van der Waals surface area contributed by atoms with Crippen LogP contribution in [0.2, 0.25) is 0 Å². The van der Waals surface area contributed by atoms with Crippen molar-refractivity contribution in [3.63, 3.8) is 0 Å². The van der Waals surface area contributed by atoms with Crippen LogP contribution in [0.5, 0.6) is 0 Å². The molecule has 0 spiro atoms. The molecule has 0 amide bonds. The summed E-state index contributed by atoms with van der Waals surface area (Å²) in [5.41, 5.74) is 8.96. The van der Waals surface area contributed by atoms with Gasteiger partial charge in [0.25, 0.3) is 0 Å². The lowest BCUT2D eigenvalue weighted by molar-refractivity contribution is -0.138. The number of morpholine rings is 1. The van der Waals surface area contributed by atoms with Gasteiger partial charge in [-0.3, -0.25) is 4.79 Å². The fraction of sp³-hybridized carbons (Fsp3) is 0.500. The molecule has 1 unspecified atom stereocenters. The summed E-state index contributed by atoms with van der Waals surface area (Å²) >= 11 is 0. The number of anilines is 1. The van der Waals surface area contributed by atoms with Crippen molar-refractivity contribution in [3.8, 4) is 0 Å². The highest BCUT2D eigenvalue weighted by Crippen LogP contribution is 2.31. The molecule has 2 heterocycles. The third-order valence-corrected chi connectivity index (χ3v) is 4.17. The van der Waals surface area contributed by atoms with Gasteiger partial charge in [0, 0.05) is 38.1 Å². The first-order valence-electron chi connectivity index (χ1n) is 8.46. The number of rotatable bonds is 4. The molecular formula is C18H27N3O3. The lowest BCUT2D eigenvalue weighted by Gasteiger charge is -2.29. The summed E-state index contributed by atoms with van der Waals surface area (Å²) in [5, 5.41) is 10.1. The van der Waals surface area contributed by atoms with Crippen molar-refractivity contribution in [2.75, 3.05) is 31.2 Å². The van der Waals surface area contributed by atoms with Gasteiger partial charge in [0.2, 0.25) is 0 Å². The number of fused-ring (bicyclic) bond motifs is 1. The van der Waals surface area contributed by atoms with E-state index in [0.717, 1.165) is 42.8 Å². The van der Waals surface area contributed by atoms with E-state index in [4.69, 9.17) is 15.6 Å². The molecule has 6 nitrogen and oxygen atoms in total. The van der Waals surface area contributed by atoms with Crippen molar-refractivity contribution in [1.82, 2.24) is 4.57 Å². The predicted octanol–water partition coefficient (Wildman–Crippen LogP) is 2.00. The lowest BCUT2D eigenvalue weighted by Crippen LogP contribution is -2.36. The van der Waals surface area contributed by atoms with Crippen LogP contribution in [-0.2, 0) is 23.0 Å². The van der Waals surface area contributed by atoms with Gasteiger partial charge in [-0.1, -0.05) is 26.0 Å². The standard InChI is InChI=1S/C16H21N3O3.C2H6/c1-18-10-11(9-13(17)16(20)21)12-3-2-4-14(15(12)18)19-5-7-22-8-6-19;1-2/h2-4,10,13H,5-9,17H2,1H3,(H,20,21);1-2H3. The van der Waals surface area contributed by atoms with Gasteiger partial charge in [-0.2, -0.15) is 0 Å². The van der Waals surface area contributed by atoms with Crippen molar-refractivity contribution in [1.29, 1.82) is 0 Å². The highest BCUT2D eigenvalue weighted by molar-refractivity contribution is 5.95. The number of benzene rings is 1. The second-order valence-electron chi connectivity index (χ2n) is 5.69. The van der Waals surface area contributed by atoms with E-state index in [9.17, 15) is 4.79 Å². The molecule has 1 atom stereocenters. The summed E-state index contributed by atoms with van der Waals surface area (Å²) < 4.78 is 7.48. The maximum Gasteiger partial charge on any atom is 0.320 e. The Kier molecular flexibility index (Phi) is 6.23. The van der Waals surface area contributed by atoms with Gasteiger partial charge < -0.3 is 25.0 Å². The van der Waals surface area contributed by atoms with Gasteiger partial charge in [-0.05, 0) is 11.6 Å². The van der Waals surface area contributed by atoms with E-state index in [1.807, 2.05) is 39.2 Å². The zero-order valence-electron chi connectivity index (χ0n) is 14.7. The largest absolute Gasteiger partial charge is 0.480 e. The second kappa shape index (κ2) is 8.17. The number of ether oxygens (including phenoxy) is 1. The monoisotopic (exact) mass is 333 g/mol. The summed E-state index contributed by atoms with van der Waals surface area (Å²) in [6.45, 7) is 7.21. The number of carboxylic acid groups (broad SMARTS) is 1. The molecule has 1 aromatic heterocycles. The highest BCUT2D eigenvalue weighted by Gasteiger charge is 2.20. The summed E-state index contributed by atoms with van der Waals surface area (Å²) in [4.78, 5) is 13.3. The Bertz CT molecular complexity index is 690. The smallest absolute Gasteiger partial charge is 0.320 e. The Morgan fingerprint density at radius 2 is 2.00 bits per heavy atom. The molecule has 1 saturated heterocycles. The summed E-state index contributed by atoms with van der Waals surface area (Å²) in [5.74, 6) is -0.971. The molecule has 2 aromatic rings. The number of aryl methyl sites for hydroxylation is 1. The minimum atomic E-state index is -0.971. The van der Waals surface area contributed by atoms with Crippen LogP contribution in [0.25, 0.3) is 10.9 Å². The van der Waals surface area contributed by atoms with Crippen LogP contribution in [0.4, 0.5) is 5.69 Å². The summed E-state index contributed by atoms with van der Waals surface area (Å²) in [6.07, 6.45) is 2.32. The molecule has 1 aromatic carbocycles. The van der Waals surface area contributed by atoms with Crippen LogP contribution in [0.3, 0.4) is 0 Å². The van der Waals surface area contributed by atoms with Gasteiger partial charge in [0.05, 0.1) is 24.4 Å². The Hall–Kier alpha value is -2.05. The first-order valence-corrected chi connectivity index (χ1v) is 8.46. The van der Waals surface area contributed by atoms with Crippen LogP contribution in [0, 0.1) is 0 Å². The van der Waals surface area contributed by atoms with Crippen LogP contribution >= 0.6 is 0 Å². The van der Waals surface area contributed by atoms with Crippen LogP contribution in [-0.4, -0.2) is 48.0 Å². The van der Waals surface area contributed by atoms with Gasteiger partial charge >= 0.3 is 5.97 Å². The number of nitrogens with zero attached hydrogens (tertiary/aromatic N) is 2. The molecule has 1 aliphatic heterocycles. The minimum Gasteiger partial charge on any atom is -0.480 e. The Morgan fingerprint density at radius 3 is 2.62 bits per heavy atom. The van der Waals surface area contributed by atoms with Crippen LogP contribution in [0.1, 0.15) is 19.4 Å². The van der Waals surface area contributed by atoms with Crippen LogP contribution in [0.15, 0.2) is 24.4 Å². The van der Waals surface area contributed by atoms with Crippen molar-refractivity contribution in [2.45, 2.75) is 26.3 Å². The Labute approximate surface area is 142 Å². The van der Waals surface area contributed by atoms with E-state index in [1.54, 1.807) is 0 Å². The van der Waals surface area contributed by atoms with E-state index >= 15 is 0 Å². The topological polar surface area (TPSA) is 80.7 Å². The van der Waals surface area contributed by atoms with E-state index in [2.05, 4.69) is 15.5 Å². The average Bonchev–Trinajstić information content (AvgIpc) is 2.93. The fourth-order valence-electron chi connectivity index (χ4n) is 3.08. The fourth-order valence-corrected chi connectivity index (χ4v) is 3.08. The quantitative estimate of drug-likeness (QED) is 0.894. The third kappa shape index (κ3) is 3.71. The Balaban J connectivity index is 0.00000100. The normalized spacial score (nSPS) is 15.8. The van der Waals surface area contributed by atoms with Gasteiger partial charge in [0.1, 0.15) is 6.04 Å². The van der Waals surface area contributed by atoms with E-state index in [1.165, 1.54) is 5.69 Å². The lowest BCUT2D eigenvalue weighted by atomic mass is 10.0. The maximum atomic E-state index is 11.0. The summed E-state index contributed by atoms with van der Waals surface area (Å²) in [6, 6.07) is 5.28. The highest BCUT2D eigenvalue weighted by atomic mass is 16.5. The molecule has 3 N–H and O–H groups in total. The second-order valence-corrected chi connectivity index (χ2v) is 5.69. The van der Waals surface area contributed by atoms with E-state index in [-0.39, 0.29) is 0 Å². The molecule has 1 fully saturated rings. The molecule has 6 heteroatoms. The number of carbonyl (C=O) groups is 1. The molecule has 0 bridgehead atoms. The molecule has 1 aliphatic rings. The number of hydrogen-bond donors (Lipinski definition) is 2. The van der Waals surface area contributed by atoms with Crippen LogP contribution < -0.4 is 10.6 Å². The third-order valence-electron chi connectivity index (χ3n) is 4.17. The molecule has 132 valence electrons. The summed E-state index contributed by atoms with van der Waals surface area (Å²) in [7, 11) is 1.99. The van der Waals surface area contributed by atoms with Crippen molar-refractivity contribution < 1.29 is 14.6 Å². The van der Waals surface area contributed by atoms with Crippen molar-refractivity contribution in [3.05, 3.63) is 30.0 Å². The molecule has 0 radical (unpaired) electrons. The number of hydrogen-bond acceptors (Lipinski definition) is 4. The molecule has 0 saturated carbocycles. The number of carboxylic acids is 1. The molecule has 0 aliphatic carbocycles. The van der Waals surface area contributed by atoms with Gasteiger partial charge in [-0.15, -0.1) is 0 Å². The number of nitrogens with two attached hydrogens (primary N) is 1. The number of aliphatic carboxylic acids is 1. The zero-order valence-corrected chi connectivity index (χ0v) is 14.7. The van der Waals surface area contributed by atoms with Crippen molar-refractivity contribution >= 4 is 22.6 Å². The average molecular weight is 333 g/mol. The van der Waals surface area contributed by atoms with Crippen molar-refractivity contribution in [2.24, 2.45) is 12.8 Å². The SMILES string of the molecule is CC.Cn1cc(CC(N)C(=O)O)c2cccc(N3CCOCC3)c21. The predicted molar refractivity (Wildman–Crippen MR) is 96.6 cm³/mol. The van der Waals surface area contributed by atoms with E-state index < -0.39 is 12.0 Å². The number of para-hydroxylation sites is 1. The number of aromatic nitrogens is 1. The first-order chi connectivity index (χ1) is 11.6. The maximum absolute atomic E-state index is 11.0.